The number of nitrogens with one attached hydrogen (secondary N) is 1. The van der Waals surface area contributed by atoms with Gasteiger partial charge >= 0.3 is 0 Å². The van der Waals surface area contributed by atoms with Crippen LogP contribution in [0.2, 0.25) is 0 Å². The number of carbonyl (C=O) groups excluding carboxylic acids is 1. The maximum atomic E-state index is 11.5. The third kappa shape index (κ3) is 2.74. The van der Waals surface area contributed by atoms with Gasteiger partial charge in [0.25, 0.3) is 5.91 Å². The van der Waals surface area contributed by atoms with Crippen LogP contribution >= 0.6 is 11.3 Å². The molecule has 0 fully saturated rings. The summed E-state index contributed by atoms with van der Waals surface area (Å²) >= 11 is 1.38. The van der Waals surface area contributed by atoms with Gasteiger partial charge in [-0.05, 0) is 29.1 Å². The predicted octanol–water partition coefficient (Wildman–Crippen LogP) is 1.91. The zero-order valence-electron chi connectivity index (χ0n) is 8.33. The first-order valence-corrected chi connectivity index (χ1v) is 5.51. The van der Waals surface area contributed by atoms with Crippen LogP contribution in [0.5, 0.6) is 0 Å². The van der Waals surface area contributed by atoms with Crippen LogP contribution in [0.15, 0.2) is 47.1 Å². The standard InChI is InChI=1S/C11H9N3OS/c15-11(10-2-1-7-16-10)14-13-8-9-3-5-12-6-4-9/h1-8H,(H,14,15). The molecule has 2 aromatic heterocycles. The molecule has 0 aromatic carbocycles. The van der Waals surface area contributed by atoms with Crippen LogP contribution in [-0.2, 0) is 0 Å². The third-order valence-electron chi connectivity index (χ3n) is 1.83. The molecule has 2 rings (SSSR count). The Labute approximate surface area is 96.7 Å². The summed E-state index contributed by atoms with van der Waals surface area (Å²) in [5.74, 6) is -0.194. The molecule has 0 spiro atoms. The molecule has 0 aliphatic carbocycles. The number of thiophene rings is 1. The average molecular weight is 231 g/mol. The lowest BCUT2D eigenvalue weighted by Gasteiger charge is -1.95. The number of nitrogens with zero attached hydrogens (tertiary/aromatic N) is 2. The number of pyridine rings is 1. The molecule has 16 heavy (non-hydrogen) atoms. The predicted molar refractivity (Wildman–Crippen MR) is 63.6 cm³/mol. The molecule has 80 valence electrons. The van der Waals surface area contributed by atoms with Crippen molar-refractivity contribution in [3.05, 3.63) is 52.5 Å². The second-order valence-electron chi connectivity index (χ2n) is 2.96. The van der Waals surface area contributed by atoms with E-state index < -0.39 is 0 Å². The highest BCUT2D eigenvalue weighted by Gasteiger charge is 2.03. The van der Waals surface area contributed by atoms with E-state index in [-0.39, 0.29) is 5.91 Å². The minimum Gasteiger partial charge on any atom is -0.266 e. The number of amides is 1. The molecular weight excluding hydrogens is 222 g/mol. The van der Waals surface area contributed by atoms with Gasteiger partial charge in [-0.3, -0.25) is 9.78 Å². The summed E-state index contributed by atoms with van der Waals surface area (Å²) < 4.78 is 0. The fourth-order valence-electron chi connectivity index (χ4n) is 1.08. The van der Waals surface area contributed by atoms with Gasteiger partial charge in [0.05, 0.1) is 11.1 Å². The van der Waals surface area contributed by atoms with Gasteiger partial charge in [-0.2, -0.15) is 5.10 Å². The minimum absolute atomic E-state index is 0.194. The van der Waals surface area contributed by atoms with Crippen molar-refractivity contribution in [1.82, 2.24) is 10.4 Å². The van der Waals surface area contributed by atoms with E-state index >= 15 is 0 Å². The molecular formula is C11H9N3OS. The summed E-state index contributed by atoms with van der Waals surface area (Å²) in [6.07, 6.45) is 4.91. The van der Waals surface area contributed by atoms with Crippen molar-refractivity contribution < 1.29 is 4.79 Å². The number of hydrogen-bond acceptors (Lipinski definition) is 4. The van der Waals surface area contributed by atoms with E-state index in [4.69, 9.17) is 0 Å². The van der Waals surface area contributed by atoms with E-state index in [0.717, 1.165) is 5.56 Å². The molecule has 0 aliphatic heterocycles. The molecule has 0 unspecified atom stereocenters. The summed E-state index contributed by atoms with van der Waals surface area (Å²) in [5, 5.41) is 5.70. The number of rotatable bonds is 3. The summed E-state index contributed by atoms with van der Waals surface area (Å²) in [4.78, 5) is 16.0. The number of aromatic nitrogens is 1. The van der Waals surface area contributed by atoms with Crippen LogP contribution in [0.4, 0.5) is 0 Å². The Bertz CT molecular complexity index is 479. The van der Waals surface area contributed by atoms with Crippen molar-refractivity contribution in [2.24, 2.45) is 5.10 Å². The zero-order valence-corrected chi connectivity index (χ0v) is 9.15. The molecule has 0 saturated carbocycles. The fraction of sp³-hybridized carbons (Fsp3) is 0. The lowest BCUT2D eigenvalue weighted by molar-refractivity contribution is 0.0959. The summed E-state index contributed by atoms with van der Waals surface area (Å²) in [6, 6.07) is 7.19. The van der Waals surface area contributed by atoms with Gasteiger partial charge in [0.1, 0.15) is 0 Å². The molecule has 0 saturated heterocycles. The second kappa shape index (κ2) is 5.18. The van der Waals surface area contributed by atoms with Gasteiger partial charge in [-0.15, -0.1) is 11.3 Å². The number of carbonyl (C=O) groups is 1. The van der Waals surface area contributed by atoms with Crippen LogP contribution in [-0.4, -0.2) is 17.1 Å². The van der Waals surface area contributed by atoms with E-state index in [1.165, 1.54) is 11.3 Å². The molecule has 4 nitrogen and oxygen atoms in total. The van der Waals surface area contributed by atoms with Crippen molar-refractivity contribution in [3.63, 3.8) is 0 Å². The lowest BCUT2D eigenvalue weighted by Crippen LogP contribution is -2.16. The summed E-state index contributed by atoms with van der Waals surface area (Å²) in [5.41, 5.74) is 3.34. The van der Waals surface area contributed by atoms with Gasteiger partial charge in [-0.25, -0.2) is 5.43 Å². The average Bonchev–Trinajstić information content (AvgIpc) is 2.84. The first-order valence-electron chi connectivity index (χ1n) is 4.63. The first kappa shape index (κ1) is 10.5. The highest BCUT2D eigenvalue weighted by Crippen LogP contribution is 2.07. The topological polar surface area (TPSA) is 54.4 Å². The molecule has 0 atom stereocenters. The Kier molecular flexibility index (Phi) is 3.40. The minimum atomic E-state index is -0.194. The molecule has 0 bridgehead atoms. The fourth-order valence-corrected chi connectivity index (χ4v) is 1.69. The largest absolute Gasteiger partial charge is 0.281 e. The van der Waals surface area contributed by atoms with E-state index in [9.17, 15) is 4.79 Å². The Balaban J connectivity index is 1.93. The summed E-state index contributed by atoms with van der Waals surface area (Å²) in [6.45, 7) is 0. The zero-order chi connectivity index (χ0) is 11.2. The lowest BCUT2D eigenvalue weighted by atomic mass is 10.3. The van der Waals surface area contributed by atoms with Gasteiger partial charge in [0.2, 0.25) is 0 Å². The van der Waals surface area contributed by atoms with Crippen LogP contribution in [0.1, 0.15) is 15.2 Å². The molecule has 2 heterocycles. The van der Waals surface area contributed by atoms with E-state index in [1.807, 2.05) is 11.4 Å². The van der Waals surface area contributed by atoms with Crippen LogP contribution in [0.25, 0.3) is 0 Å². The van der Waals surface area contributed by atoms with Gasteiger partial charge in [-0.1, -0.05) is 6.07 Å². The number of hydrazone groups is 1. The molecule has 1 N–H and O–H groups in total. The van der Waals surface area contributed by atoms with Gasteiger partial charge in [0.15, 0.2) is 0 Å². The van der Waals surface area contributed by atoms with Crippen LogP contribution in [0, 0.1) is 0 Å². The van der Waals surface area contributed by atoms with Crippen molar-refractivity contribution in [3.8, 4) is 0 Å². The maximum Gasteiger partial charge on any atom is 0.281 e. The second-order valence-corrected chi connectivity index (χ2v) is 3.90. The van der Waals surface area contributed by atoms with Crippen LogP contribution < -0.4 is 5.43 Å². The van der Waals surface area contributed by atoms with Crippen molar-refractivity contribution in [1.29, 1.82) is 0 Å². The van der Waals surface area contributed by atoms with Crippen molar-refractivity contribution in [2.45, 2.75) is 0 Å². The van der Waals surface area contributed by atoms with Crippen molar-refractivity contribution in [2.75, 3.05) is 0 Å². The quantitative estimate of drug-likeness (QED) is 0.648. The smallest absolute Gasteiger partial charge is 0.266 e. The van der Waals surface area contributed by atoms with Gasteiger partial charge in [0, 0.05) is 12.4 Å². The Morgan fingerprint density at radius 3 is 2.88 bits per heavy atom. The van der Waals surface area contributed by atoms with Crippen LogP contribution in [0.3, 0.4) is 0 Å². The normalized spacial score (nSPS) is 10.5. The monoisotopic (exact) mass is 231 g/mol. The molecule has 0 aliphatic rings. The highest BCUT2D eigenvalue weighted by atomic mass is 32.1. The number of hydrogen-bond donors (Lipinski definition) is 1. The Hall–Kier alpha value is -2.01. The van der Waals surface area contributed by atoms with E-state index in [0.29, 0.717) is 4.88 Å². The Morgan fingerprint density at radius 1 is 1.38 bits per heavy atom. The summed E-state index contributed by atoms with van der Waals surface area (Å²) in [7, 11) is 0. The maximum absolute atomic E-state index is 11.5. The third-order valence-corrected chi connectivity index (χ3v) is 2.70. The van der Waals surface area contributed by atoms with E-state index in [1.54, 1.807) is 36.8 Å². The molecule has 1 amide bonds. The SMILES string of the molecule is O=C(NN=Cc1ccncc1)c1cccs1. The van der Waals surface area contributed by atoms with Crippen molar-refractivity contribution >= 4 is 23.5 Å². The first-order chi connectivity index (χ1) is 7.86. The van der Waals surface area contributed by atoms with Gasteiger partial charge < -0.3 is 0 Å². The molecule has 5 heteroatoms. The molecule has 2 aromatic rings. The highest BCUT2D eigenvalue weighted by molar-refractivity contribution is 7.12. The Morgan fingerprint density at radius 2 is 2.19 bits per heavy atom. The van der Waals surface area contributed by atoms with E-state index in [2.05, 4.69) is 15.5 Å². The molecule has 0 radical (unpaired) electrons.